The molecule has 134 valence electrons. The molecular formula is C16H19N3O6. The molecule has 0 aromatic heterocycles. The van der Waals surface area contributed by atoms with E-state index in [1.165, 1.54) is 36.3 Å². The Morgan fingerprint density at radius 1 is 1.32 bits per heavy atom. The molecule has 1 N–H and O–H groups in total. The highest BCUT2D eigenvalue weighted by atomic mass is 16.6. The number of methoxy groups -OCH3 is 1. The van der Waals surface area contributed by atoms with Crippen molar-refractivity contribution in [2.45, 2.75) is 13.0 Å². The normalized spacial score (nSPS) is 17.3. The summed E-state index contributed by atoms with van der Waals surface area (Å²) < 4.78 is 10.0. The number of hydrogen-bond acceptors (Lipinski definition) is 6. The summed E-state index contributed by atoms with van der Waals surface area (Å²) in [5, 5.41) is 13.5. The molecule has 0 radical (unpaired) electrons. The van der Waals surface area contributed by atoms with Gasteiger partial charge in [0.2, 0.25) is 0 Å². The number of carbonyl (C=O) groups is 2. The van der Waals surface area contributed by atoms with Gasteiger partial charge in [-0.25, -0.2) is 9.59 Å². The van der Waals surface area contributed by atoms with E-state index < -0.39 is 16.9 Å². The summed E-state index contributed by atoms with van der Waals surface area (Å²) in [7, 11) is 3.03. The first kappa shape index (κ1) is 18.4. The second-order valence-corrected chi connectivity index (χ2v) is 5.42. The third kappa shape index (κ3) is 3.94. The minimum atomic E-state index is -0.750. The van der Waals surface area contributed by atoms with Crippen LogP contribution < -0.4 is 5.32 Å². The molecule has 1 aliphatic heterocycles. The monoisotopic (exact) mass is 349 g/mol. The van der Waals surface area contributed by atoms with E-state index in [1.807, 2.05) is 0 Å². The topological polar surface area (TPSA) is 111 Å². The minimum absolute atomic E-state index is 0.0760. The first-order valence-corrected chi connectivity index (χ1v) is 7.52. The van der Waals surface area contributed by atoms with Crippen LogP contribution in [0.5, 0.6) is 0 Å². The predicted molar refractivity (Wildman–Crippen MR) is 87.7 cm³/mol. The number of rotatable bonds is 6. The molecule has 0 bridgehead atoms. The number of ether oxygens (including phenoxy) is 2. The molecule has 1 atom stereocenters. The van der Waals surface area contributed by atoms with Gasteiger partial charge >= 0.3 is 12.0 Å². The molecule has 0 saturated heterocycles. The number of nitro benzene ring substituents is 1. The smallest absolute Gasteiger partial charge is 0.338 e. The van der Waals surface area contributed by atoms with Gasteiger partial charge in [0.05, 0.1) is 23.1 Å². The van der Waals surface area contributed by atoms with E-state index in [-0.39, 0.29) is 30.5 Å². The zero-order valence-electron chi connectivity index (χ0n) is 14.1. The molecule has 2 amide bonds. The minimum Gasteiger partial charge on any atom is -0.460 e. The lowest BCUT2D eigenvalue weighted by Crippen LogP contribution is -2.46. The lowest BCUT2D eigenvalue weighted by atomic mass is 9.95. The SMILES string of the molecule is COCCOC(=O)C1=C(C)N(C)C(=O)NC1c1ccc([N+](=O)[O-])cc1. The van der Waals surface area contributed by atoms with E-state index in [2.05, 4.69) is 5.32 Å². The molecule has 0 aliphatic carbocycles. The maximum Gasteiger partial charge on any atom is 0.338 e. The quantitative estimate of drug-likeness (QED) is 0.362. The van der Waals surface area contributed by atoms with Gasteiger partial charge < -0.3 is 19.7 Å². The standard InChI is InChI=1S/C16H19N3O6/c1-10-13(15(20)25-9-8-24-3)14(17-16(21)18(10)2)11-4-6-12(7-5-11)19(22)23/h4-7,14H,8-9H2,1-3H3,(H,17,21). The highest BCUT2D eigenvalue weighted by Crippen LogP contribution is 2.31. The summed E-state index contributed by atoms with van der Waals surface area (Å²) in [6.45, 7) is 1.98. The van der Waals surface area contributed by atoms with Gasteiger partial charge in [-0.2, -0.15) is 0 Å². The van der Waals surface area contributed by atoms with Crippen molar-refractivity contribution < 1.29 is 24.0 Å². The Bertz CT molecular complexity index is 713. The molecule has 9 heteroatoms. The van der Waals surface area contributed by atoms with Gasteiger partial charge in [0.25, 0.3) is 5.69 Å². The first-order chi connectivity index (χ1) is 11.9. The van der Waals surface area contributed by atoms with Crippen LogP contribution in [0.1, 0.15) is 18.5 Å². The lowest BCUT2D eigenvalue weighted by molar-refractivity contribution is -0.384. The van der Waals surface area contributed by atoms with E-state index in [0.717, 1.165) is 0 Å². The molecule has 1 aromatic rings. The maximum atomic E-state index is 12.5. The molecular weight excluding hydrogens is 330 g/mol. The van der Waals surface area contributed by atoms with Crippen LogP contribution in [-0.2, 0) is 14.3 Å². The van der Waals surface area contributed by atoms with Crippen molar-refractivity contribution in [3.8, 4) is 0 Å². The molecule has 1 unspecified atom stereocenters. The lowest BCUT2D eigenvalue weighted by Gasteiger charge is -2.33. The van der Waals surface area contributed by atoms with Crippen LogP contribution in [0, 0.1) is 10.1 Å². The van der Waals surface area contributed by atoms with Crippen molar-refractivity contribution in [2.24, 2.45) is 0 Å². The van der Waals surface area contributed by atoms with Crippen LogP contribution in [0.4, 0.5) is 10.5 Å². The number of carbonyl (C=O) groups excluding carboxylic acids is 2. The van der Waals surface area contributed by atoms with Gasteiger partial charge in [0.1, 0.15) is 6.61 Å². The van der Waals surface area contributed by atoms with Gasteiger partial charge in [0, 0.05) is 32.0 Å². The summed E-state index contributed by atoms with van der Waals surface area (Å²) >= 11 is 0. The van der Waals surface area contributed by atoms with E-state index in [1.54, 1.807) is 14.0 Å². The second kappa shape index (κ2) is 7.75. The van der Waals surface area contributed by atoms with Gasteiger partial charge in [-0.3, -0.25) is 10.1 Å². The molecule has 25 heavy (non-hydrogen) atoms. The highest BCUT2D eigenvalue weighted by molar-refractivity contribution is 5.95. The van der Waals surface area contributed by atoms with Gasteiger partial charge in [-0.15, -0.1) is 0 Å². The van der Waals surface area contributed by atoms with Crippen LogP contribution in [0.2, 0.25) is 0 Å². The summed E-state index contributed by atoms with van der Waals surface area (Å²) in [4.78, 5) is 36.2. The Balaban J connectivity index is 2.37. The number of amides is 2. The Hall–Kier alpha value is -2.94. The van der Waals surface area contributed by atoms with Crippen molar-refractivity contribution in [3.63, 3.8) is 0 Å². The number of nitrogens with zero attached hydrogens (tertiary/aromatic N) is 2. The van der Waals surface area contributed by atoms with Gasteiger partial charge in [0.15, 0.2) is 0 Å². The first-order valence-electron chi connectivity index (χ1n) is 7.52. The third-order valence-electron chi connectivity index (χ3n) is 3.93. The van der Waals surface area contributed by atoms with Crippen LogP contribution in [0.3, 0.4) is 0 Å². The molecule has 2 rings (SSSR count). The van der Waals surface area contributed by atoms with Gasteiger partial charge in [-0.1, -0.05) is 0 Å². The average Bonchev–Trinajstić information content (AvgIpc) is 2.59. The molecule has 1 aliphatic rings. The van der Waals surface area contributed by atoms with Crippen molar-refractivity contribution in [1.82, 2.24) is 10.2 Å². The Morgan fingerprint density at radius 2 is 1.96 bits per heavy atom. The number of nitro groups is 1. The second-order valence-electron chi connectivity index (χ2n) is 5.42. The summed E-state index contributed by atoms with van der Waals surface area (Å²) in [6.07, 6.45) is 0. The number of benzene rings is 1. The number of allylic oxidation sites excluding steroid dienone is 1. The highest BCUT2D eigenvalue weighted by Gasteiger charge is 2.35. The van der Waals surface area contributed by atoms with E-state index in [9.17, 15) is 19.7 Å². The zero-order valence-corrected chi connectivity index (χ0v) is 14.1. The fourth-order valence-corrected chi connectivity index (χ4v) is 2.43. The van der Waals surface area contributed by atoms with E-state index in [4.69, 9.17) is 9.47 Å². The molecule has 0 spiro atoms. The van der Waals surface area contributed by atoms with Gasteiger partial charge in [-0.05, 0) is 24.6 Å². The fourth-order valence-electron chi connectivity index (χ4n) is 2.43. The van der Waals surface area contributed by atoms with Crippen molar-refractivity contribution in [3.05, 3.63) is 51.2 Å². The summed E-state index contributed by atoms with van der Waals surface area (Å²) in [5.41, 5.74) is 1.19. The number of urea groups is 1. The number of esters is 1. The number of non-ortho nitro benzene ring substituents is 1. The maximum absolute atomic E-state index is 12.5. The third-order valence-corrected chi connectivity index (χ3v) is 3.93. The number of hydrogen-bond donors (Lipinski definition) is 1. The van der Waals surface area contributed by atoms with Crippen LogP contribution in [0.25, 0.3) is 0 Å². The van der Waals surface area contributed by atoms with Crippen molar-refractivity contribution >= 4 is 17.7 Å². The predicted octanol–water partition coefficient (Wildman–Crippen LogP) is 1.75. The summed E-state index contributed by atoms with van der Waals surface area (Å²) in [6, 6.07) is 4.52. The van der Waals surface area contributed by atoms with Crippen molar-refractivity contribution in [1.29, 1.82) is 0 Å². The van der Waals surface area contributed by atoms with Crippen molar-refractivity contribution in [2.75, 3.05) is 27.4 Å². The molecule has 1 aromatic carbocycles. The molecule has 9 nitrogen and oxygen atoms in total. The Kier molecular flexibility index (Phi) is 5.71. The molecule has 1 heterocycles. The van der Waals surface area contributed by atoms with Crippen LogP contribution in [-0.4, -0.2) is 49.2 Å². The molecule has 0 saturated carbocycles. The number of nitrogens with one attached hydrogen (secondary N) is 1. The fraction of sp³-hybridized carbons (Fsp3) is 0.375. The largest absolute Gasteiger partial charge is 0.460 e. The van der Waals surface area contributed by atoms with E-state index >= 15 is 0 Å². The average molecular weight is 349 g/mol. The summed E-state index contributed by atoms with van der Waals surface area (Å²) in [5.74, 6) is -0.579. The zero-order chi connectivity index (χ0) is 18.6. The van der Waals surface area contributed by atoms with Crippen LogP contribution >= 0.6 is 0 Å². The molecule has 0 fully saturated rings. The Labute approximate surface area is 144 Å². The Morgan fingerprint density at radius 3 is 2.52 bits per heavy atom. The van der Waals surface area contributed by atoms with E-state index in [0.29, 0.717) is 11.3 Å². The van der Waals surface area contributed by atoms with Crippen LogP contribution in [0.15, 0.2) is 35.5 Å².